The Morgan fingerprint density at radius 1 is 1.38 bits per heavy atom. The Hall–Kier alpha value is -0.970. The van der Waals surface area contributed by atoms with Crippen molar-refractivity contribution in [2.75, 3.05) is 32.8 Å². The number of nitrogens with one attached hydrogen (secondary N) is 1. The number of hydrogen-bond donors (Lipinski definition) is 1. The first-order chi connectivity index (χ1) is 10.2. The lowest BCUT2D eigenvalue weighted by atomic mass is 9.99. The molecule has 3 nitrogen and oxygen atoms in total. The SMILES string of the molecule is CCCNC(Cc1ccccc1F)C1CN(CC)CCO1. The second kappa shape index (κ2) is 8.47. The van der Waals surface area contributed by atoms with E-state index in [1.54, 1.807) is 6.07 Å². The number of hydrogen-bond acceptors (Lipinski definition) is 3. The molecule has 1 aromatic rings. The summed E-state index contributed by atoms with van der Waals surface area (Å²) in [6.07, 6.45) is 1.87. The molecule has 0 saturated carbocycles. The molecule has 0 spiro atoms. The summed E-state index contributed by atoms with van der Waals surface area (Å²) >= 11 is 0. The van der Waals surface area contributed by atoms with Gasteiger partial charge < -0.3 is 10.1 Å². The Balaban J connectivity index is 2.05. The second-order valence-corrected chi connectivity index (χ2v) is 5.66. The summed E-state index contributed by atoms with van der Waals surface area (Å²) < 4.78 is 19.9. The fourth-order valence-corrected chi connectivity index (χ4v) is 2.83. The summed E-state index contributed by atoms with van der Waals surface area (Å²) in [5.74, 6) is -0.121. The van der Waals surface area contributed by atoms with Gasteiger partial charge in [0.1, 0.15) is 5.82 Å². The zero-order valence-electron chi connectivity index (χ0n) is 13.1. The summed E-state index contributed by atoms with van der Waals surface area (Å²) in [6, 6.07) is 7.21. The fourth-order valence-electron chi connectivity index (χ4n) is 2.83. The zero-order chi connectivity index (χ0) is 15.1. The van der Waals surface area contributed by atoms with Crippen LogP contribution in [0.15, 0.2) is 24.3 Å². The van der Waals surface area contributed by atoms with Crippen LogP contribution in [0.2, 0.25) is 0 Å². The van der Waals surface area contributed by atoms with E-state index in [9.17, 15) is 4.39 Å². The van der Waals surface area contributed by atoms with Crippen LogP contribution in [0, 0.1) is 5.82 Å². The minimum Gasteiger partial charge on any atom is -0.374 e. The molecule has 0 radical (unpaired) electrons. The van der Waals surface area contributed by atoms with E-state index in [0.29, 0.717) is 6.42 Å². The van der Waals surface area contributed by atoms with Gasteiger partial charge in [0, 0.05) is 19.1 Å². The molecule has 4 heteroatoms. The van der Waals surface area contributed by atoms with Gasteiger partial charge in [0.05, 0.1) is 12.7 Å². The third-order valence-corrected chi connectivity index (χ3v) is 4.13. The second-order valence-electron chi connectivity index (χ2n) is 5.66. The van der Waals surface area contributed by atoms with Crippen molar-refractivity contribution in [1.82, 2.24) is 10.2 Å². The van der Waals surface area contributed by atoms with Crippen LogP contribution in [0.4, 0.5) is 4.39 Å². The topological polar surface area (TPSA) is 24.5 Å². The first kappa shape index (κ1) is 16.4. The van der Waals surface area contributed by atoms with Crippen molar-refractivity contribution in [3.63, 3.8) is 0 Å². The maximum Gasteiger partial charge on any atom is 0.126 e. The van der Waals surface area contributed by atoms with Crippen LogP contribution < -0.4 is 5.32 Å². The average Bonchev–Trinajstić information content (AvgIpc) is 2.53. The molecule has 0 bridgehead atoms. The number of likely N-dealkylation sites (N-methyl/N-ethyl adjacent to an activating group) is 1. The van der Waals surface area contributed by atoms with Crippen LogP contribution in [-0.4, -0.2) is 49.8 Å². The highest BCUT2D eigenvalue weighted by atomic mass is 19.1. The van der Waals surface area contributed by atoms with Crippen LogP contribution >= 0.6 is 0 Å². The monoisotopic (exact) mass is 294 g/mol. The molecule has 1 N–H and O–H groups in total. The average molecular weight is 294 g/mol. The van der Waals surface area contributed by atoms with E-state index in [4.69, 9.17) is 4.74 Å². The Labute approximate surface area is 127 Å². The summed E-state index contributed by atoms with van der Waals surface area (Å²) in [4.78, 5) is 2.40. The van der Waals surface area contributed by atoms with Crippen LogP contribution in [0.25, 0.3) is 0 Å². The molecule has 0 amide bonds. The molecular weight excluding hydrogens is 267 g/mol. The molecule has 1 heterocycles. The van der Waals surface area contributed by atoms with E-state index < -0.39 is 0 Å². The van der Waals surface area contributed by atoms with Gasteiger partial charge in [-0.25, -0.2) is 4.39 Å². The minimum atomic E-state index is -0.121. The van der Waals surface area contributed by atoms with Crippen molar-refractivity contribution in [2.24, 2.45) is 0 Å². The zero-order valence-corrected chi connectivity index (χ0v) is 13.1. The molecule has 1 aliphatic rings. The lowest BCUT2D eigenvalue weighted by Gasteiger charge is -2.37. The normalized spacial score (nSPS) is 21.4. The molecule has 2 rings (SSSR count). The van der Waals surface area contributed by atoms with Crippen molar-refractivity contribution in [3.8, 4) is 0 Å². The maximum absolute atomic E-state index is 13.9. The van der Waals surface area contributed by atoms with Gasteiger partial charge in [0.15, 0.2) is 0 Å². The highest BCUT2D eigenvalue weighted by Crippen LogP contribution is 2.15. The molecule has 0 aromatic heterocycles. The number of nitrogens with zero attached hydrogens (tertiary/aromatic N) is 1. The molecule has 2 unspecified atom stereocenters. The molecule has 1 aromatic carbocycles. The first-order valence-corrected chi connectivity index (χ1v) is 8.05. The Kier molecular flexibility index (Phi) is 6.61. The lowest BCUT2D eigenvalue weighted by Crippen LogP contribution is -2.53. The van der Waals surface area contributed by atoms with E-state index in [1.807, 2.05) is 12.1 Å². The molecule has 2 atom stereocenters. The van der Waals surface area contributed by atoms with Gasteiger partial charge in [-0.1, -0.05) is 32.0 Å². The number of halogens is 1. The van der Waals surface area contributed by atoms with Crippen molar-refractivity contribution in [1.29, 1.82) is 0 Å². The molecule has 1 fully saturated rings. The number of ether oxygens (including phenoxy) is 1. The molecule has 118 valence electrons. The molecule has 1 saturated heterocycles. The molecule has 21 heavy (non-hydrogen) atoms. The summed E-state index contributed by atoms with van der Waals surface area (Å²) in [6.45, 7) is 8.98. The highest BCUT2D eigenvalue weighted by molar-refractivity contribution is 5.19. The molecule has 1 aliphatic heterocycles. The van der Waals surface area contributed by atoms with E-state index in [0.717, 1.165) is 44.8 Å². The van der Waals surface area contributed by atoms with Gasteiger partial charge in [-0.3, -0.25) is 4.90 Å². The van der Waals surface area contributed by atoms with E-state index in [-0.39, 0.29) is 18.0 Å². The lowest BCUT2D eigenvalue weighted by molar-refractivity contribution is -0.0448. The minimum absolute atomic E-state index is 0.121. The smallest absolute Gasteiger partial charge is 0.126 e. The van der Waals surface area contributed by atoms with Crippen LogP contribution in [-0.2, 0) is 11.2 Å². The van der Waals surface area contributed by atoms with Crippen molar-refractivity contribution in [2.45, 2.75) is 38.8 Å². The number of benzene rings is 1. The molecular formula is C17H27FN2O. The van der Waals surface area contributed by atoms with E-state index in [1.165, 1.54) is 6.07 Å². The van der Waals surface area contributed by atoms with Gasteiger partial charge in [-0.15, -0.1) is 0 Å². The third kappa shape index (κ3) is 4.77. The van der Waals surface area contributed by atoms with E-state index >= 15 is 0 Å². The van der Waals surface area contributed by atoms with Crippen molar-refractivity contribution < 1.29 is 9.13 Å². The van der Waals surface area contributed by atoms with Crippen molar-refractivity contribution >= 4 is 0 Å². The van der Waals surface area contributed by atoms with Crippen molar-refractivity contribution in [3.05, 3.63) is 35.6 Å². The predicted octanol–water partition coefficient (Wildman–Crippen LogP) is 2.46. The number of morpholine rings is 1. The van der Waals surface area contributed by atoms with Gasteiger partial charge >= 0.3 is 0 Å². The summed E-state index contributed by atoms with van der Waals surface area (Å²) in [5.41, 5.74) is 0.767. The predicted molar refractivity (Wildman–Crippen MR) is 84.0 cm³/mol. The van der Waals surface area contributed by atoms with Gasteiger partial charge in [0.25, 0.3) is 0 Å². The number of rotatable bonds is 7. The van der Waals surface area contributed by atoms with Gasteiger partial charge in [-0.05, 0) is 37.6 Å². The van der Waals surface area contributed by atoms with E-state index in [2.05, 4.69) is 24.1 Å². The quantitative estimate of drug-likeness (QED) is 0.836. The van der Waals surface area contributed by atoms with Gasteiger partial charge in [0.2, 0.25) is 0 Å². The molecule has 0 aliphatic carbocycles. The van der Waals surface area contributed by atoms with Crippen LogP contribution in [0.3, 0.4) is 0 Å². The third-order valence-electron chi connectivity index (χ3n) is 4.13. The highest BCUT2D eigenvalue weighted by Gasteiger charge is 2.27. The Bertz CT molecular complexity index is 427. The van der Waals surface area contributed by atoms with Crippen LogP contribution in [0.1, 0.15) is 25.8 Å². The maximum atomic E-state index is 13.9. The summed E-state index contributed by atoms with van der Waals surface area (Å²) in [5, 5.41) is 3.54. The standard InChI is InChI=1S/C17H27FN2O/c1-3-9-19-16(12-14-7-5-6-8-15(14)18)17-13-20(4-2)10-11-21-17/h5-8,16-17,19H,3-4,9-13H2,1-2H3. The Morgan fingerprint density at radius 2 is 2.19 bits per heavy atom. The van der Waals surface area contributed by atoms with Gasteiger partial charge in [-0.2, -0.15) is 0 Å². The fraction of sp³-hybridized carbons (Fsp3) is 0.647. The largest absolute Gasteiger partial charge is 0.374 e. The van der Waals surface area contributed by atoms with Crippen LogP contribution in [0.5, 0.6) is 0 Å². The Morgan fingerprint density at radius 3 is 2.90 bits per heavy atom. The summed E-state index contributed by atoms with van der Waals surface area (Å²) in [7, 11) is 0. The first-order valence-electron chi connectivity index (χ1n) is 8.05.